The van der Waals surface area contributed by atoms with Crippen molar-refractivity contribution in [1.29, 1.82) is 0 Å². The zero-order chi connectivity index (χ0) is 22.4. The summed E-state index contributed by atoms with van der Waals surface area (Å²) < 4.78 is 6.61. The minimum atomic E-state index is -0.808. The van der Waals surface area contributed by atoms with Gasteiger partial charge in [-0.15, -0.1) is 0 Å². The van der Waals surface area contributed by atoms with Crippen molar-refractivity contribution < 1.29 is 14.1 Å². The molecule has 32 heavy (non-hydrogen) atoms. The standard InChI is InChI=1S/C24H15BrN2O5/c25-16-9-10-19-18(12-16)22(28)20-21(15-7-4-8-17(11-15)27(30)31)26(24(29)23(20)32-19)13-14-5-2-1-3-6-14/h1-12,21H,13H2. The van der Waals surface area contributed by atoms with Gasteiger partial charge in [-0.1, -0.05) is 58.4 Å². The zero-order valence-corrected chi connectivity index (χ0v) is 18.1. The Morgan fingerprint density at radius 3 is 2.53 bits per heavy atom. The second-order valence-electron chi connectivity index (χ2n) is 7.49. The van der Waals surface area contributed by atoms with Gasteiger partial charge in [0.1, 0.15) is 5.58 Å². The molecule has 0 N–H and O–H groups in total. The Bertz CT molecular complexity index is 1450. The van der Waals surface area contributed by atoms with E-state index >= 15 is 0 Å². The lowest BCUT2D eigenvalue weighted by Crippen LogP contribution is -2.29. The molecule has 1 aliphatic heterocycles. The molecule has 158 valence electrons. The molecular formula is C24H15BrN2O5. The van der Waals surface area contributed by atoms with Crippen molar-refractivity contribution in [3.8, 4) is 0 Å². The molecule has 0 fully saturated rings. The number of fused-ring (bicyclic) bond motifs is 2. The monoisotopic (exact) mass is 490 g/mol. The largest absolute Gasteiger partial charge is 0.450 e. The van der Waals surface area contributed by atoms with Crippen LogP contribution < -0.4 is 5.43 Å². The summed E-state index contributed by atoms with van der Waals surface area (Å²) in [5.41, 5.74) is 1.40. The first-order valence-electron chi connectivity index (χ1n) is 9.79. The predicted molar refractivity (Wildman–Crippen MR) is 121 cm³/mol. The Balaban J connectivity index is 1.75. The van der Waals surface area contributed by atoms with Gasteiger partial charge in [0.25, 0.3) is 11.6 Å². The fraction of sp³-hybridized carbons (Fsp3) is 0.0833. The Kier molecular flexibility index (Phi) is 4.86. The van der Waals surface area contributed by atoms with Crippen LogP contribution in [0.1, 0.15) is 33.3 Å². The van der Waals surface area contributed by atoms with Gasteiger partial charge < -0.3 is 9.32 Å². The smallest absolute Gasteiger partial charge is 0.291 e. The number of carbonyl (C=O) groups excluding carboxylic acids is 1. The highest BCUT2D eigenvalue weighted by Gasteiger charge is 2.43. The quantitative estimate of drug-likeness (QED) is 0.289. The number of nitro groups is 1. The highest BCUT2D eigenvalue weighted by molar-refractivity contribution is 9.10. The Morgan fingerprint density at radius 2 is 1.78 bits per heavy atom. The summed E-state index contributed by atoms with van der Waals surface area (Å²) in [6.07, 6.45) is 0. The van der Waals surface area contributed by atoms with Gasteiger partial charge in [-0.25, -0.2) is 0 Å². The van der Waals surface area contributed by atoms with Crippen molar-refractivity contribution in [2.75, 3.05) is 0 Å². The van der Waals surface area contributed by atoms with E-state index in [-0.39, 0.29) is 29.0 Å². The number of carbonyl (C=O) groups is 1. The third-order valence-corrected chi connectivity index (χ3v) is 6.01. The molecule has 1 aromatic heterocycles. The van der Waals surface area contributed by atoms with Crippen LogP contribution in [0.25, 0.3) is 11.0 Å². The summed E-state index contributed by atoms with van der Waals surface area (Å²) in [7, 11) is 0. The lowest BCUT2D eigenvalue weighted by atomic mass is 9.98. The van der Waals surface area contributed by atoms with Crippen LogP contribution in [0, 0.1) is 10.1 Å². The molecule has 5 rings (SSSR count). The van der Waals surface area contributed by atoms with E-state index < -0.39 is 16.9 Å². The van der Waals surface area contributed by atoms with Gasteiger partial charge in [0.15, 0.2) is 5.43 Å². The van der Waals surface area contributed by atoms with E-state index in [0.29, 0.717) is 21.0 Å². The molecule has 0 spiro atoms. The lowest BCUT2D eigenvalue weighted by Gasteiger charge is -2.25. The van der Waals surface area contributed by atoms with E-state index in [9.17, 15) is 19.7 Å². The maximum atomic E-state index is 13.5. The summed E-state index contributed by atoms with van der Waals surface area (Å²) in [4.78, 5) is 39.3. The minimum Gasteiger partial charge on any atom is -0.450 e. The number of rotatable bonds is 4. The van der Waals surface area contributed by atoms with E-state index in [1.807, 2.05) is 30.3 Å². The molecule has 0 saturated heterocycles. The van der Waals surface area contributed by atoms with E-state index in [0.717, 1.165) is 5.56 Å². The number of hydrogen-bond donors (Lipinski definition) is 0. The second-order valence-corrected chi connectivity index (χ2v) is 8.40. The summed E-state index contributed by atoms with van der Waals surface area (Å²) >= 11 is 3.37. The SMILES string of the molecule is O=C1c2oc3ccc(Br)cc3c(=O)c2C(c2cccc([N+](=O)[O-])c2)N1Cc1ccccc1. The normalized spacial score (nSPS) is 15.2. The van der Waals surface area contributed by atoms with E-state index in [1.54, 1.807) is 30.3 Å². The fourth-order valence-electron chi connectivity index (χ4n) is 4.09. The van der Waals surface area contributed by atoms with E-state index in [2.05, 4.69) is 15.9 Å². The first kappa shape index (κ1) is 20.1. The van der Waals surface area contributed by atoms with Crippen LogP contribution in [0.2, 0.25) is 0 Å². The first-order valence-corrected chi connectivity index (χ1v) is 10.6. The number of benzene rings is 3. The number of halogens is 1. The van der Waals surface area contributed by atoms with Gasteiger partial charge in [0.2, 0.25) is 5.76 Å². The van der Waals surface area contributed by atoms with Gasteiger partial charge in [-0.3, -0.25) is 19.7 Å². The molecule has 3 aromatic carbocycles. The molecule has 0 bridgehead atoms. The molecule has 7 nitrogen and oxygen atoms in total. The average Bonchev–Trinajstić information content (AvgIpc) is 3.07. The van der Waals surface area contributed by atoms with Crippen LogP contribution in [0.3, 0.4) is 0 Å². The second kappa shape index (κ2) is 7.72. The van der Waals surface area contributed by atoms with Gasteiger partial charge >= 0.3 is 0 Å². The molecule has 0 saturated carbocycles. The topological polar surface area (TPSA) is 93.7 Å². The van der Waals surface area contributed by atoms with Gasteiger partial charge in [-0.05, 0) is 29.3 Å². The maximum absolute atomic E-state index is 13.5. The van der Waals surface area contributed by atoms with Crippen molar-refractivity contribution in [3.63, 3.8) is 0 Å². The summed E-state index contributed by atoms with van der Waals surface area (Å²) in [6, 6.07) is 19.6. The molecule has 2 heterocycles. The van der Waals surface area contributed by atoms with Crippen LogP contribution >= 0.6 is 15.9 Å². The molecule has 1 atom stereocenters. The Hall–Kier alpha value is -3.78. The highest BCUT2D eigenvalue weighted by Crippen LogP contribution is 2.40. The average molecular weight is 491 g/mol. The van der Waals surface area contributed by atoms with Gasteiger partial charge in [-0.2, -0.15) is 0 Å². The zero-order valence-electron chi connectivity index (χ0n) is 16.5. The minimum absolute atomic E-state index is 0.0303. The Labute approximate surface area is 190 Å². The third kappa shape index (κ3) is 3.29. The highest BCUT2D eigenvalue weighted by atomic mass is 79.9. The molecule has 0 aliphatic carbocycles. The van der Waals surface area contributed by atoms with E-state index in [1.165, 1.54) is 17.0 Å². The fourth-order valence-corrected chi connectivity index (χ4v) is 4.45. The van der Waals surface area contributed by atoms with Crippen LogP contribution in [-0.4, -0.2) is 15.7 Å². The van der Waals surface area contributed by atoms with E-state index in [4.69, 9.17) is 4.42 Å². The van der Waals surface area contributed by atoms with Crippen molar-refractivity contribution in [2.45, 2.75) is 12.6 Å². The van der Waals surface area contributed by atoms with Crippen molar-refractivity contribution >= 4 is 38.5 Å². The summed E-state index contributed by atoms with van der Waals surface area (Å²) in [5.74, 6) is -0.459. The van der Waals surface area contributed by atoms with Crippen molar-refractivity contribution in [3.05, 3.63) is 120 Å². The Morgan fingerprint density at radius 1 is 1.00 bits per heavy atom. The molecule has 4 aromatic rings. The molecular weight excluding hydrogens is 476 g/mol. The van der Waals surface area contributed by atoms with Gasteiger partial charge in [0, 0.05) is 23.2 Å². The predicted octanol–water partition coefficient (Wildman–Crippen LogP) is 5.21. The molecule has 0 radical (unpaired) electrons. The molecule has 1 amide bonds. The van der Waals surface area contributed by atoms with Crippen molar-refractivity contribution in [1.82, 2.24) is 4.90 Å². The number of non-ortho nitro benzene ring substituents is 1. The van der Waals surface area contributed by atoms with Crippen LogP contribution in [0.15, 0.2) is 86.5 Å². The molecule has 8 heteroatoms. The molecule has 1 unspecified atom stereocenters. The third-order valence-electron chi connectivity index (χ3n) is 5.52. The number of nitro benzene ring substituents is 1. The maximum Gasteiger partial charge on any atom is 0.291 e. The molecule has 1 aliphatic rings. The number of hydrogen-bond acceptors (Lipinski definition) is 5. The lowest BCUT2D eigenvalue weighted by molar-refractivity contribution is -0.384. The van der Waals surface area contributed by atoms with Crippen LogP contribution in [0.5, 0.6) is 0 Å². The first-order chi connectivity index (χ1) is 15.4. The summed E-state index contributed by atoms with van der Waals surface area (Å²) in [6.45, 7) is 0.219. The summed E-state index contributed by atoms with van der Waals surface area (Å²) in [5, 5.41) is 11.7. The van der Waals surface area contributed by atoms with Crippen LogP contribution in [0.4, 0.5) is 5.69 Å². The van der Waals surface area contributed by atoms with Crippen molar-refractivity contribution in [2.24, 2.45) is 0 Å². The van der Waals surface area contributed by atoms with Crippen LogP contribution in [-0.2, 0) is 6.54 Å². The number of amides is 1. The number of nitrogens with zero attached hydrogens (tertiary/aromatic N) is 2. The van der Waals surface area contributed by atoms with Gasteiger partial charge in [0.05, 0.1) is 21.9 Å².